The molecule has 0 unspecified atom stereocenters. The summed E-state index contributed by atoms with van der Waals surface area (Å²) in [5.74, 6) is -0.228. The van der Waals surface area contributed by atoms with Crippen molar-refractivity contribution >= 4 is 11.8 Å². The maximum absolute atomic E-state index is 12.7. The van der Waals surface area contributed by atoms with Crippen LogP contribution in [0.1, 0.15) is 47.6 Å². The van der Waals surface area contributed by atoms with Gasteiger partial charge in [-0.05, 0) is 49.6 Å². The van der Waals surface area contributed by atoms with Crippen molar-refractivity contribution in [3.8, 4) is 5.75 Å². The van der Waals surface area contributed by atoms with E-state index >= 15 is 0 Å². The number of hydrogen-bond acceptors (Lipinski definition) is 5. The van der Waals surface area contributed by atoms with Gasteiger partial charge in [-0.25, -0.2) is 0 Å². The number of aliphatic hydroxyl groups excluding tert-OH is 1. The van der Waals surface area contributed by atoms with Crippen LogP contribution in [0.25, 0.3) is 0 Å². The number of benzene rings is 2. The van der Waals surface area contributed by atoms with E-state index in [-0.39, 0.29) is 37.4 Å². The third-order valence-electron chi connectivity index (χ3n) is 6.19. The molecule has 2 heterocycles. The van der Waals surface area contributed by atoms with Gasteiger partial charge >= 0.3 is 6.18 Å². The Morgan fingerprint density at radius 2 is 1.80 bits per heavy atom. The number of amides is 2. The number of fused-ring (bicyclic) bond motifs is 1. The van der Waals surface area contributed by atoms with E-state index in [0.717, 1.165) is 17.7 Å². The van der Waals surface area contributed by atoms with Gasteiger partial charge in [0.2, 0.25) is 5.91 Å². The Kier molecular flexibility index (Phi) is 7.32. The lowest BCUT2D eigenvalue weighted by Crippen LogP contribution is -2.51. The largest absolute Gasteiger partial charge is 0.480 e. The summed E-state index contributed by atoms with van der Waals surface area (Å²) in [6.45, 7) is 2.13. The molecule has 0 spiro atoms. The highest BCUT2D eigenvalue weighted by Gasteiger charge is 2.34. The van der Waals surface area contributed by atoms with Gasteiger partial charge in [-0.3, -0.25) is 9.59 Å². The zero-order valence-corrected chi connectivity index (χ0v) is 19.1. The number of carbonyl (C=O) groups excluding carboxylic acids is 2. The van der Waals surface area contributed by atoms with Crippen LogP contribution in [-0.2, 0) is 27.0 Å². The van der Waals surface area contributed by atoms with Crippen LogP contribution in [0.15, 0.2) is 42.5 Å². The Hall–Kier alpha value is -3.11. The molecule has 0 bridgehead atoms. The van der Waals surface area contributed by atoms with Crippen molar-refractivity contribution in [3.05, 3.63) is 64.7 Å². The predicted molar refractivity (Wildman–Crippen MR) is 119 cm³/mol. The molecule has 35 heavy (non-hydrogen) atoms. The summed E-state index contributed by atoms with van der Waals surface area (Å²) < 4.78 is 49.4. The summed E-state index contributed by atoms with van der Waals surface area (Å²) in [6.07, 6.45) is -5.71. The van der Waals surface area contributed by atoms with Crippen molar-refractivity contribution in [2.24, 2.45) is 0 Å². The second kappa shape index (κ2) is 10.2. The summed E-state index contributed by atoms with van der Waals surface area (Å²) in [5, 5.41) is 15.9. The quantitative estimate of drug-likeness (QED) is 0.596. The van der Waals surface area contributed by atoms with E-state index in [1.807, 2.05) is 19.1 Å². The maximum atomic E-state index is 12.7. The summed E-state index contributed by atoms with van der Waals surface area (Å²) >= 11 is 0. The van der Waals surface area contributed by atoms with E-state index in [1.165, 1.54) is 12.1 Å². The fourth-order valence-electron chi connectivity index (χ4n) is 4.21. The number of rotatable bonds is 5. The number of aryl methyl sites for hydroxylation is 1. The molecule has 2 aliphatic rings. The summed E-state index contributed by atoms with van der Waals surface area (Å²) in [6, 6.07) is 9.71. The number of nitrogens with one attached hydrogen (secondary N) is 2. The van der Waals surface area contributed by atoms with E-state index in [4.69, 9.17) is 9.47 Å². The molecule has 10 heteroatoms. The molecular formula is C25H27F3N2O5. The smallest absolute Gasteiger partial charge is 0.416 e. The maximum Gasteiger partial charge on any atom is 0.416 e. The Labute approximate surface area is 200 Å². The van der Waals surface area contributed by atoms with Gasteiger partial charge in [0.05, 0.1) is 24.3 Å². The normalized spacial score (nSPS) is 24.1. The molecule has 1 fully saturated rings. The Balaban J connectivity index is 1.22. The fraction of sp³-hybridized carbons (Fsp3) is 0.440. The minimum atomic E-state index is -4.41. The Morgan fingerprint density at radius 3 is 2.46 bits per heavy atom. The van der Waals surface area contributed by atoms with Crippen molar-refractivity contribution in [2.75, 3.05) is 6.61 Å². The Morgan fingerprint density at radius 1 is 1.06 bits per heavy atom. The molecule has 4 rings (SSSR count). The molecule has 0 aromatic heterocycles. The average Bonchev–Trinajstić information content (AvgIpc) is 2.83. The molecule has 3 N–H and O–H groups in total. The van der Waals surface area contributed by atoms with E-state index in [2.05, 4.69) is 10.6 Å². The highest BCUT2D eigenvalue weighted by Crippen LogP contribution is 2.35. The van der Waals surface area contributed by atoms with Crippen LogP contribution in [0.4, 0.5) is 13.2 Å². The number of ether oxygens (including phenoxy) is 2. The molecule has 4 atom stereocenters. The lowest BCUT2D eigenvalue weighted by Gasteiger charge is -2.32. The highest BCUT2D eigenvalue weighted by molar-refractivity contribution is 5.82. The monoisotopic (exact) mass is 492 g/mol. The third kappa shape index (κ3) is 6.12. The lowest BCUT2D eigenvalue weighted by atomic mass is 9.96. The Bertz CT molecular complexity index is 1070. The van der Waals surface area contributed by atoms with Crippen molar-refractivity contribution in [2.45, 2.75) is 63.3 Å². The molecule has 0 aliphatic carbocycles. The van der Waals surface area contributed by atoms with Crippen LogP contribution in [-0.4, -0.2) is 41.8 Å². The molecule has 2 aromatic carbocycles. The minimum Gasteiger partial charge on any atom is -0.480 e. The molecule has 0 saturated carbocycles. The first kappa shape index (κ1) is 25.0. The summed E-state index contributed by atoms with van der Waals surface area (Å²) in [4.78, 5) is 25.1. The number of hydrogen-bond donors (Lipinski definition) is 3. The number of aliphatic hydroxyl groups is 1. The number of halogens is 3. The van der Waals surface area contributed by atoms with Gasteiger partial charge in [0, 0.05) is 18.5 Å². The van der Waals surface area contributed by atoms with Crippen LogP contribution >= 0.6 is 0 Å². The average molecular weight is 492 g/mol. The second-order valence-corrected chi connectivity index (χ2v) is 8.92. The van der Waals surface area contributed by atoms with E-state index in [0.29, 0.717) is 29.7 Å². The van der Waals surface area contributed by atoms with Crippen LogP contribution in [0.3, 0.4) is 0 Å². The SMILES string of the molecule is Cc1ccc2c(c1)[C@H](O)C[C@H](C(=O)N[C@@H]1CC[C@@H](C(=O)NCc3ccc(C(F)(F)F)cc3)OC1)O2. The molecule has 2 amide bonds. The van der Waals surface area contributed by atoms with Gasteiger partial charge in [0.25, 0.3) is 5.91 Å². The van der Waals surface area contributed by atoms with Crippen LogP contribution in [0.5, 0.6) is 5.75 Å². The topological polar surface area (TPSA) is 96.9 Å². The second-order valence-electron chi connectivity index (χ2n) is 8.92. The molecule has 2 aromatic rings. The van der Waals surface area contributed by atoms with Crippen LogP contribution in [0.2, 0.25) is 0 Å². The molecule has 188 valence electrons. The molecule has 1 saturated heterocycles. The van der Waals surface area contributed by atoms with Crippen molar-refractivity contribution < 1.29 is 37.3 Å². The van der Waals surface area contributed by atoms with Crippen LogP contribution in [0, 0.1) is 6.92 Å². The molecule has 0 radical (unpaired) electrons. The van der Waals surface area contributed by atoms with Crippen molar-refractivity contribution in [1.82, 2.24) is 10.6 Å². The van der Waals surface area contributed by atoms with Crippen LogP contribution < -0.4 is 15.4 Å². The van der Waals surface area contributed by atoms with Crippen molar-refractivity contribution in [3.63, 3.8) is 0 Å². The predicted octanol–water partition coefficient (Wildman–Crippen LogP) is 3.18. The highest BCUT2D eigenvalue weighted by atomic mass is 19.4. The summed E-state index contributed by atoms with van der Waals surface area (Å²) in [7, 11) is 0. The van der Waals surface area contributed by atoms with Gasteiger partial charge in [0.1, 0.15) is 11.9 Å². The van der Waals surface area contributed by atoms with Gasteiger partial charge in [-0.2, -0.15) is 13.2 Å². The third-order valence-corrected chi connectivity index (χ3v) is 6.19. The van der Waals surface area contributed by atoms with Gasteiger partial charge in [0.15, 0.2) is 6.10 Å². The van der Waals surface area contributed by atoms with Gasteiger partial charge in [-0.15, -0.1) is 0 Å². The van der Waals surface area contributed by atoms with Gasteiger partial charge in [-0.1, -0.05) is 23.8 Å². The fourth-order valence-corrected chi connectivity index (χ4v) is 4.21. The zero-order valence-electron chi connectivity index (χ0n) is 19.1. The number of carbonyl (C=O) groups is 2. The lowest BCUT2D eigenvalue weighted by molar-refractivity contribution is -0.139. The van der Waals surface area contributed by atoms with Gasteiger partial charge < -0.3 is 25.2 Å². The van der Waals surface area contributed by atoms with E-state index in [9.17, 15) is 27.9 Å². The molecule has 7 nitrogen and oxygen atoms in total. The first-order valence-corrected chi connectivity index (χ1v) is 11.4. The molecule has 2 aliphatic heterocycles. The molecular weight excluding hydrogens is 465 g/mol. The number of alkyl halides is 3. The van der Waals surface area contributed by atoms with E-state index < -0.39 is 30.1 Å². The van der Waals surface area contributed by atoms with E-state index in [1.54, 1.807) is 6.07 Å². The standard InChI is InChI=1S/C25H27F3N2O5/c1-14-2-8-20-18(10-14)19(31)11-22(35-20)24(33)30-17-7-9-21(34-13-17)23(32)29-12-15-3-5-16(6-4-15)25(26,27)28/h2-6,8,10,17,19,21-22,31H,7,9,11-13H2,1H3,(H,29,32)(H,30,33)/t17-,19-,21+,22-/m1/s1. The minimum absolute atomic E-state index is 0.0827. The first-order chi connectivity index (χ1) is 16.6. The summed E-state index contributed by atoms with van der Waals surface area (Å²) in [5.41, 5.74) is 1.45. The first-order valence-electron chi connectivity index (χ1n) is 11.4. The zero-order chi connectivity index (χ0) is 25.2. The van der Waals surface area contributed by atoms with Crippen molar-refractivity contribution in [1.29, 1.82) is 0 Å².